The average molecular weight is 249 g/mol. The zero-order valence-electron chi connectivity index (χ0n) is 10.9. The molecule has 0 aliphatic heterocycles. The first kappa shape index (κ1) is 14.5. The van der Waals surface area contributed by atoms with Gasteiger partial charge in [-0.25, -0.2) is 4.85 Å². The molecular weight excluding hydrogens is 230 g/mol. The summed E-state index contributed by atoms with van der Waals surface area (Å²) in [6.45, 7) is 10.8. The summed E-state index contributed by atoms with van der Waals surface area (Å²) < 4.78 is 0. The van der Waals surface area contributed by atoms with E-state index in [1.807, 2.05) is 6.92 Å². The highest BCUT2D eigenvalue weighted by molar-refractivity contribution is 6.01. The van der Waals surface area contributed by atoms with Crippen LogP contribution in [0.25, 0.3) is 4.85 Å². The summed E-state index contributed by atoms with van der Waals surface area (Å²) in [5, 5.41) is 19.0. The van der Waals surface area contributed by atoms with Gasteiger partial charge in [0.15, 0.2) is 5.78 Å². The lowest BCUT2D eigenvalue weighted by molar-refractivity contribution is -0.115. The molecule has 1 aliphatic rings. The Hall–Kier alpha value is -1.60. The Balaban J connectivity index is 2.88. The van der Waals surface area contributed by atoms with Gasteiger partial charge >= 0.3 is 0 Å². The topological polar surface area (TPSA) is 61.9 Å². The molecule has 0 radical (unpaired) electrons. The van der Waals surface area contributed by atoms with E-state index in [0.29, 0.717) is 17.6 Å². The molecule has 0 fully saturated rings. The van der Waals surface area contributed by atoms with E-state index >= 15 is 0 Å². The second kappa shape index (κ2) is 6.36. The largest absolute Gasteiger partial charge is 0.512 e. The SMILES string of the molecule is [C-]#[N+]C1=C(C)C(CCC(CC)CO)=C(O)CC1=O. The molecule has 2 N–H and O–H groups in total. The van der Waals surface area contributed by atoms with Gasteiger partial charge in [0, 0.05) is 6.61 Å². The number of nitrogens with zero attached hydrogens (tertiary/aromatic N) is 1. The Morgan fingerprint density at radius 3 is 2.67 bits per heavy atom. The number of Topliss-reactive ketones (excluding diaryl/α,β-unsaturated/α-hetero) is 1. The van der Waals surface area contributed by atoms with Crippen molar-refractivity contribution >= 4 is 5.78 Å². The van der Waals surface area contributed by atoms with Crippen molar-refractivity contribution in [2.75, 3.05) is 6.61 Å². The van der Waals surface area contributed by atoms with Crippen molar-refractivity contribution < 1.29 is 15.0 Å². The third-order valence-electron chi connectivity index (χ3n) is 3.50. The fourth-order valence-corrected chi connectivity index (χ4v) is 2.16. The molecule has 18 heavy (non-hydrogen) atoms. The first-order valence-electron chi connectivity index (χ1n) is 6.18. The maximum atomic E-state index is 11.5. The lowest BCUT2D eigenvalue weighted by atomic mass is 9.88. The van der Waals surface area contributed by atoms with E-state index in [4.69, 9.17) is 11.7 Å². The van der Waals surface area contributed by atoms with Crippen LogP contribution in [0.15, 0.2) is 22.6 Å². The van der Waals surface area contributed by atoms with Crippen molar-refractivity contribution in [2.45, 2.75) is 39.5 Å². The third kappa shape index (κ3) is 2.99. The van der Waals surface area contributed by atoms with Gasteiger partial charge in [0.2, 0.25) is 5.70 Å². The molecule has 1 unspecified atom stereocenters. The summed E-state index contributed by atoms with van der Waals surface area (Å²) in [6, 6.07) is 0. The van der Waals surface area contributed by atoms with Gasteiger partial charge in [-0.3, -0.25) is 0 Å². The van der Waals surface area contributed by atoms with Crippen molar-refractivity contribution in [1.29, 1.82) is 0 Å². The molecule has 1 rings (SSSR count). The summed E-state index contributed by atoms with van der Waals surface area (Å²) in [4.78, 5) is 14.8. The smallest absolute Gasteiger partial charge is 0.232 e. The van der Waals surface area contributed by atoms with Gasteiger partial charge in [0.25, 0.3) is 0 Å². The van der Waals surface area contributed by atoms with E-state index in [1.54, 1.807) is 6.92 Å². The highest BCUT2D eigenvalue weighted by Crippen LogP contribution is 2.31. The zero-order valence-corrected chi connectivity index (χ0v) is 10.9. The summed E-state index contributed by atoms with van der Waals surface area (Å²) >= 11 is 0. The van der Waals surface area contributed by atoms with Crippen LogP contribution in [0.5, 0.6) is 0 Å². The molecule has 0 spiro atoms. The van der Waals surface area contributed by atoms with Gasteiger partial charge in [-0.05, 0) is 36.8 Å². The number of aliphatic hydroxyl groups is 2. The predicted molar refractivity (Wildman–Crippen MR) is 68.7 cm³/mol. The van der Waals surface area contributed by atoms with Crippen LogP contribution in [0, 0.1) is 12.5 Å². The van der Waals surface area contributed by atoms with Crippen LogP contribution in [-0.2, 0) is 4.79 Å². The van der Waals surface area contributed by atoms with Gasteiger partial charge in [-0.2, -0.15) is 0 Å². The monoisotopic (exact) mass is 249 g/mol. The van der Waals surface area contributed by atoms with E-state index < -0.39 is 0 Å². The molecule has 0 heterocycles. The Labute approximate surface area is 107 Å². The molecule has 0 amide bonds. The van der Waals surface area contributed by atoms with Crippen LogP contribution < -0.4 is 0 Å². The highest BCUT2D eigenvalue weighted by atomic mass is 16.3. The standard InChI is InChI=1S/C14H19NO3/c1-4-10(8-16)5-6-11-9(2)14(15-3)13(18)7-12(11)17/h10,16-17H,4-8H2,1-2H3. The Morgan fingerprint density at radius 2 is 2.17 bits per heavy atom. The number of ketones is 1. The summed E-state index contributed by atoms with van der Waals surface area (Å²) in [5.41, 5.74) is 1.43. The molecule has 0 aromatic heterocycles. The van der Waals surface area contributed by atoms with Crippen LogP contribution in [0.1, 0.15) is 39.5 Å². The van der Waals surface area contributed by atoms with Crippen molar-refractivity contribution in [2.24, 2.45) is 5.92 Å². The minimum Gasteiger partial charge on any atom is -0.512 e. The molecule has 0 saturated heterocycles. The predicted octanol–water partition coefficient (Wildman–Crippen LogP) is 2.76. The van der Waals surface area contributed by atoms with Crippen LogP contribution in [0.3, 0.4) is 0 Å². The number of carbonyl (C=O) groups is 1. The molecule has 0 aromatic carbocycles. The number of hydrogen-bond donors (Lipinski definition) is 2. The van der Waals surface area contributed by atoms with Crippen LogP contribution in [0.4, 0.5) is 0 Å². The van der Waals surface area contributed by atoms with E-state index in [1.165, 1.54) is 0 Å². The molecule has 4 nitrogen and oxygen atoms in total. The fourth-order valence-electron chi connectivity index (χ4n) is 2.16. The normalized spacial score (nSPS) is 18.0. The van der Waals surface area contributed by atoms with Crippen molar-refractivity contribution in [1.82, 2.24) is 0 Å². The molecule has 0 aromatic rings. The average Bonchev–Trinajstić information content (AvgIpc) is 2.34. The number of allylic oxidation sites excluding steroid dienone is 4. The Bertz CT molecular complexity index is 436. The van der Waals surface area contributed by atoms with E-state index in [0.717, 1.165) is 12.8 Å². The number of rotatable bonds is 5. The molecule has 4 heteroatoms. The number of carbonyl (C=O) groups excluding carboxylic acids is 1. The van der Waals surface area contributed by atoms with Crippen molar-refractivity contribution in [3.8, 4) is 0 Å². The van der Waals surface area contributed by atoms with Gasteiger partial charge < -0.3 is 15.0 Å². The molecule has 98 valence electrons. The van der Waals surface area contributed by atoms with Crippen LogP contribution >= 0.6 is 0 Å². The summed E-state index contributed by atoms with van der Waals surface area (Å²) in [7, 11) is 0. The van der Waals surface area contributed by atoms with Gasteiger partial charge in [0.05, 0.1) is 13.0 Å². The quantitative estimate of drug-likeness (QED) is 0.736. The first-order chi connectivity index (χ1) is 8.54. The minimum atomic E-state index is -0.307. The Kier molecular flexibility index (Phi) is 5.11. The second-order valence-corrected chi connectivity index (χ2v) is 4.61. The van der Waals surface area contributed by atoms with Crippen molar-refractivity contribution in [3.63, 3.8) is 0 Å². The highest BCUT2D eigenvalue weighted by Gasteiger charge is 2.25. The molecular formula is C14H19NO3. The molecule has 1 atom stereocenters. The fraction of sp³-hybridized carbons (Fsp3) is 0.571. The van der Waals surface area contributed by atoms with E-state index in [2.05, 4.69) is 4.85 Å². The second-order valence-electron chi connectivity index (χ2n) is 4.61. The maximum absolute atomic E-state index is 11.5. The van der Waals surface area contributed by atoms with E-state index in [9.17, 15) is 9.90 Å². The minimum absolute atomic E-state index is 0.0691. The van der Waals surface area contributed by atoms with E-state index in [-0.39, 0.29) is 36.2 Å². The molecule has 0 bridgehead atoms. The number of aliphatic hydroxyl groups excluding tert-OH is 2. The lowest BCUT2D eigenvalue weighted by Crippen LogP contribution is -2.14. The lowest BCUT2D eigenvalue weighted by Gasteiger charge is -2.19. The molecule has 1 aliphatic carbocycles. The molecule has 0 saturated carbocycles. The maximum Gasteiger partial charge on any atom is 0.232 e. The summed E-state index contributed by atoms with van der Waals surface area (Å²) in [6.07, 6.45) is 2.16. The zero-order chi connectivity index (χ0) is 13.7. The van der Waals surface area contributed by atoms with Crippen LogP contribution in [0.2, 0.25) is 0 Å². The first-order valence-corrected chi connectivity index (χ1v) is 6.18. The van der Waals surface area contributed by atoms with Gasteiger partial charge in [-0.15, -0.1) is 0 Å². The number of hydrogen-bond acceptors (Lipinski definition) is 3. The Morgan fingerprint density at radius 1 is 1.50 bits per heavy atom. The summed E-state index contributed by atoms with van der Waals surface area (Å²) in [5.74, 6) is -0.0252. The van der Waals surface area contributed by atoms with Crippen molar-refractivity contribution in [3.05, 3.63) is 34.0 Å². The van der Waals surface area contributed by atoms with Crippen LogP contribution in [-0.4, -0.2) is 22.6 Å². The van der Waals surface area contributed by atoms with Gasteiger partial charge in [-0.1, -0.05) is 13.3 Å². The van der Waals surface area contributed by atoms with Gasteiger partial charge in [0.1, 0.15) is 5.76 Å². The third-order valence-corrected chi connectivity index (χ3v) is 3.50.